The SMILES string of the molecule is Cc1ccc(N)c(C(=O)CC2CC3CCC2C3)c1. The number of ketones is 1. The van der Waals surface area contributed by atoms with E-state index in [1.807, 2.05) is 25.1 Å². The molecule has 0 amide bonds. The van der Waals surface area contributed by atoms with E-state index in [1.54, 1.807) is 0 Å². The topological polar surface area (TPSA) is 43.1 Å². The molecule has 3 rings (SSSR count). The Morgan fingerprint density at radius 1 is 1.33 bits per heavy atom. The smallest absolute Gasteiger partial charge is 0.165 e. The fraction of sp³-hybridized carbons (Fsp3) is 0.562. The number of carbonyl (C=O) groups excluding carboxylic acids is 1. The molecule has 1 aromatic carbocycles. The summed E-state index contributed by atoms with van der Waals surface area (Å²) in [5.41, 5.74) is 8.40. The Bertz CT molecular complexity index is 480. The second-order valence-corrected chi connectivity index (χ2v) is 6.15. The average Bonchev–Trinajstić information content (AvgIpc) is 2.94. The van der Waals surface area contributed by atoms with Crippen LogP contribution in [0.4, 0.5) is 5.69 Å². The van der Waals surface area contributed by atoms with Crippen molar-refractivity contribution in [3.8, 4) is 0 Å². The van der Waals surface area contributed by atoms with Crippen molar-refractivity contribution in [3.05, 3.63) is 29.3 Å². The van der Waals surface area contributed by atoms with Gasteiger partial charge in [0, 0.05) is 17.7 Å². The van der Waals surface area contributed by atoms with Gasteiger partial charge in [0.25, 0.3) is 0 Å². The fourth-order valence-corrected chi connectivity index (χ4v) is 3.89. The molecular formula is C16H21NO. The molecule has 2 nitrogen and oxygen atoms in total. The van der Waals surface area contributed by atoms with E-state index in [0.29, 0.717) is 18.0 Å². The minimum Gasteiger partial charge on any atom is -0.398 e. The summed E-state index contributed by atoms with van der Waals surface area (Å²) in [4.78, 5) is 12.4. The van der Waals surface area contributed by atoms with Crippen LogP contribution in [0, 0.1) is 24.7 Å². The van der Waals surface area contributed by atoms with E-state index in [0.717, 1.165) is 23.0 Å². The molecule has 0 spiro atoms. The summed E-state index contributed by atoms with van der Waals surface area (Å²) < 4.78 is 0. The van der Waals surface area contributed by atoms with Crippen molar-refractivity contribution in [2.24, 2.45) is 17.8 Å². The number of aryl methyl sites for hydroxylation is 1. The maximum absolute atomic E-state index is 12.4. The summed E-state index contributed by atoms with van der Waals surface area (Å²) in [7, 11) is 0. The van der Waals surface area contributed by atoms with E-state index in [2.05, 4.69) is 0 Å². The van der Waals surface area contributed by atoms with Gasteiger partial charge in [-0.2, -0.15) is 0 Å². The fourth-order valence-electron chi connectivity index (χ4n) is 3.89. The molecule has 0 heterocycles. The Morgan fingerprint density at radius 3 is 2.83 bits per heavy atom. The van der Waals surface area contributed by atoms with Crippen LogP contribution in [0.5, 0.6) is 0 Å². The second-order valence-electron chi connectivity index (χ2n) is 6.15. The molecule has 2 heteroatoms. The largest absolute Gasteiger partial charge is 0.398 e. The minimum absolute atomic E-state index is 0.244. The highest BCUT2D eigenvalue weighted by atomic mass is 16.1. The third-order valence-corrected chi connectivity index (χ3v) is 4.84. The van der Waals surface area contributed by atoms with Crippen molar-refractivity contribution >= 4 is 11.5 Å². The minimum atomic E-state index is 0.244. The third-order valence-electron chi connectivity index (χ3n) is 4.84. The highest BCUT2D eigenvalue weighted by Gasteiger charge is 2.40. The van der Waals surface area contributed by atoms with Gasteiger partial charge in [-0.05, 0) is 56.1 Å². The van der Waals surface area contributed by atoms with E-state index in [-0.39, 0.29) is 5.78 Å². The van der Waals surface area contributed by atoms with E-state index in [4.69, 9.17) is 5.73 Å². The summed E-state index contributed by atoms with van der Waals surface area (Å²) in [6.45, 7) is 2.01. The molecule has 0 aromatic heterocycles. The van der Waals surface area contributed by atoms with Crippen LogP contribution in [0.1, 0.15) is 48.0 Å². The molecule has 2 saturated carbocycles. The van der Waals surface area contributed by atoms with Crippen molar-refractivity contribution < 1.29 is 4.79 Å². The van der Waals surface area contributed by atoms with Gasteiger partial charge in [-0.3, -0.25) is 4.79 Å². The number of rotatable bonds is 3. The molecule has 2 aliphatic rings. The van der Waals surface area contributed by atoms with Crippen LogP contribution >= 0.6 is 0 Å². The summed E-state index contributed by atoms with van der Waals surface area (Å²) in [6, 6.07) is 5.75. The molecule has 3 atom stereocenters. The molecule has 3 unspecified atom stereocenters. The van der Waals surface area contributed by atoms with Gasteiger partial charge in [0.1, 0.15) is 0 Å². The molecule has 2 fully saturated rings. The van der Waals surface area contributed by atoms with Crippen LogP contribution in [0.3, 0.4) is 0 Å². The maximum atomic E-state index is 12.4. The van der Waals surface area contributed by atoms with Crippen LogP contribution in [-0.4, -0.2) is 5.78 Å². The lowest BCUT2D eigenvalue weighted by Crippen LogP contribution is -2.16. The Balaban J connectivity index is 1.73. The van der Waals surface area contributed by atoms with E-state index < -0.39 is 0 Å². The number of fused-ring (bicyclic) bond motifs is 2. The summed E-state index contributed by atoms with van der Waals surface area (Å²) in [6.07, 6.45) is 6.06. The maximum Gasteiger partial charge on any atom is 0.165 e. The standard InChI is InChI=1S/C16H21NO/c1-10-2-5-15(17)14(6-10)16(18)9-13-8-11-3-4-12(13)7-11/h2,5-6,11-13H,3-4,7-9,17H2,1H3. The highest BCUT2D eigenvalue weighted by Crippen LogP contribution is 2.49. The van der Waals surface area contributed by atoms with Gasteiger partial charge < -0.3 is 5.73 Å². The lowest BCUT2D eigenvalue weighted by atomic mass is 9.84. The predicted molar refractivity (Wildman–Crippen MR) is 73.5 cm³/mol. The first-order valence-electron chi connectivity index (χ1n) is 7.03. The molecule has 2 aliphatic carbocycles. The number of Topliss-reactive ketones (excluding diaryl/α,β-unsaturated/α-hetero) is 1. The lowest BCUT2D eigenvalue weighted by molar-refractivity contribution is 0.0945. The van der Waals surface area contributed by atoms with Gasteiger partial charge >= 0.3 is 0 Å². The van der Waals surface area contributed by atoms with Gasteiger partial charge in [0.05, 0.1) is 0 Å². The van der Waals surface area contributed by atoms with Crippen molar-refractivity contribution in [1.82, 2.24) is 0 Å². The normalized spacial score (nSPS) is 29.7. The van der Waals surface area contributed by atoms with Crippen molar-refractivity contribution in [2.75, 3.05) is 5.73 Å². The highest BCUT2D eigenvalue weighted by molar-refractivity contribution is 6.01. The molecule has 96 valence electrons. The predicted octanol–water partition coefficient (Wildman–Crippen LogP) is 3.59. The lowest BCUT2D eigenvalue weighted by Gasteiger charge is -2.21. The molecule has 2 N–H and O–H groups in total. The first-order valence-corrected chi connectivity index (χ1v) is 7.03. The Hall–Kier alpha value is -1.31. The first-order chi connectivity index (χ1) is 8.63. The molecule has 0 saturated heterocycles. The molecule has 0 radical (unpaired) electrons. The Kier molecular flexibility index (Phi) is 2.89. The Morgan fingerprint density at radius 2 is 2.17 bits per heavy atom. The number of nitrogens with two attached hydrogens (primary N) is 1. The van der Waals surface area contributed by atoms with Gasteiger partial charge in [0.15, 0.2) is 5.78 Å². The second kappa shape index (κ2) is 4.42. The van der Waals surface area contributed by atoms with E-state index in [9.17, 15) is 4.79 Å². The van der Waals surface area contributed by atoms with E-state index in [1.165, 1.54) is 25.7 Å². The van der Waals surface area contributed by atoms with Crippen LogP contribution < -0.4 is 5.73 Å². The number of hydrogen-bond acceptors (Lipinski definition) is 2. The van der Waals surface area contributed by atoms with Gasteiger partial charge in [0.2, 0.25) is 0 Å². The van der Waals surface area contributed by atoms with Gasteiger partial charge in [-0.1, -0.05) is 18.1 Å². The number of nitrogen functional groups attached to an aromatic ring is 1. The molecule has 0 aliphatic heterocycles. The van der Waals surface area contributed by atoms with Gasteiger partial charge in [-0.15, -0.1) is 0 Å². The first kappa shape index (κ1) is 11.8. The number of anilines is 1. The Labute approximate surface area is 109 Å². The van der Waals surface area contributed by atoms with E-state index >= 15 is 0 Å². The monoisotopic (exact) mass is 243 g/mol. The number of carbonyl (C=O) groups is 1. The number of hydrogen-bond donors (Lipinski definition) is 1. The number of benzene rings is 1. The summed E-state index contributed by atoms with van der Waals surface area (Å²) in [5, 5.41) is 0. The summed E-state index contributed by atoms with van der Waals surface area (Å²) >= 11 is 0. The van der Waals surface area contributed by atoms with Crippen LogP contribution in [-0.2, 0) is 0 Å². The van der Waals surface area contributed by atoms with Crippen LogP contribution in [0.25, 0.3) is 0 Å². The van der Waals surface area contributed by atoms with Crippen molar-refractivity contribution in [1.29, 1.82) is 0 Å². The molecule has 18 heavy (non-hydrogen) atoms. The molecular weight excluding hydrogens is 222 g/mol. The van der Waals surface area contributed by atoms with Crippen LogP contribution in [0.2, 0.25) is 0 Å². The van der Waals surface area contributed by atoms with Crippen molar-refractivity contribution in [3.63, 3.8) is 0 Å². The molecule has 2 bridgehead atoms. The third kappa shape index (κ3) is 2.05. The van der Waals surface area contributed by atoms with Crippen molar-refractivity contribution in [2.45, 2.75) is 39.0 Å². The zero-order chi connectivity index (χ0) is 12.7. The average molecular weight is 243 g/mol. The van der Waals surface area contributed by atoms with Crippen LogP contribution in [0.15, 0.2) is 18.2 Å². The zero-order valence-corrected chi connectivity index (χ0v) is 11.0. The van der Waals surface area contributed by atoms with Gasteiger partial charge in [-0.25, -0.2) is 0 Å². The zero-order valence-electron chi connectivity index (χ0n) is 11.0. The molecule has 1 aromatic rings. The quantitative estimate of drug-likeness (QED) is 0.651. The summed E-state index contributed by atoms with van der Waals surface area (Å²) in [5.74, 6) is 2.58.